The van der Waals surface area contributed by atoms with Crippen LogP contribution in [0, 0.1) is 0 Å². The van der Waals surface area contributed by atoms with Gasteiger partial charge in [-0.2, -0.15) is 0 Å². The number of hydrogen-bond acceptors (Lipinski definition) is 6. The van der Waals surface area contributed by atoms with Gasteiger partial charge in [0.25, 0.3) is 0 Å². The number of para-hydroxylation sites is 1. The highest BCUT2D eigenvalue weighted by atomic mass is 16.5. The van der Waals surface area contributed by atoms with Gasteiger partial charge in [-0.25, -0.2) is 15.0 Å². The molecule has 6 rings (SSSR count). The first-order chi connectivity index (χ1) is 16.8. The second-order valence-electron chi connectivity index (χ2n) is 7.73. The molecule has 6 aromatic rings. The fourth-order valence-electron chi connectivity index (χ4n) is 3.98. The van der Waals surface area contributed by atoms with E-state index in [4.69, 9.17) is 29.0 Å². The van der Waals surface area contributed by atoms with E-state index in [9.17, 15) is 0 Å². The number of nitrogens with zero attached hydrogens (tertiary/aromatic N) is 3. The molecule has 0 aliphatic carbocycles. The first-order valence-electron chi connectivity index (χ1n) is 10.7. The monoisotopic (exact) mass is 442 g/mol. The van der Waals surface area contributed by atoms with Gasteiger partial charge in [0.05, 0.1) is 0 Å². The molecule has 0 aliphatic rings. The van der Waals surface area contributed by atoms with Crippen molar-refractivity contribution in [2.45, 2.75) is 0 Å². The van der Waals surface area contributed by atoms with Crippen LogP contribution in [0.25, 0.3) is 56.1 Å². The maximum Gasteiger partial charge on any atom is 0.569 e. The van der Waals surface area contributed by atoms with E-state index < -0.39 is 0 Å². The van der Waals surface area contributed by atoms with E-state index in [1.165, 1.54) is 0 Å². The minimum Gasteiger partial charge on any atom is -0.537 e. The van der Waals surface area contributed by atoms with Crippen LogP contribution >= 0.6 is 0 Å². The first-order valence-corrected chi connectivity index (χ1v) is 10.7. The predicted molar refractivity (Wildman–Crippen MR) is 132 cm³/mol. The zero-order chi connectivity index (χ0) is 22.9. The highest BCUT2D eigenvalue weighted by Gasteiger charge is 2.14. The fourth-order valence-corrected chi connectivity index (χ4v) is 3.98. The van der Waals surface area contributed by atoms with Crippen LogP contribution in [0.4, 0.5) is 0 Å². The molecule has 0 saturated carbocycles. The topological polar surface area (TPSA) is 81.3 Å². The molecule has 0 aliphatic heterocycles. The van der Waals surface area contributed by atoms with Gasteiger partial charge >= 0.3 is 7.69 Å². The SMILES string of the molecule is O[B]Oc1cccc(-c2nc(-c3ccccc3)nc(-c3ccc4c(c3)oc3ccccc34)n2)c1. The minimum absolute atomic E-state index is 0.479. The van der Waals surface area contributed by atoms with E-state index in [1.807, 2.05) is 84.9 Å². The molecule has 161 valence electrons. The van der Waals surface area contributed by atoms with Gasteiger partial charge in [0.1, 0.15) is 16.9 Å². The standard InChI is InChI=1S/C27H17BN3O3/c32-28-34-20-10-6-9-18(15-20)26-29-25(17-7-2-1-3-8-17)30-27(31-26)19-13-14-22-21-11-4-5-12-23(21)33-24(22)16-19/h1-16,32H. The molecule has 4 aromatic carbocycles. The molecule has 0 atom stereocenters. The van der Waals surface area contributed by atoms with Gasteiger partial charge in [0, 0.05) is 27.5 Å². The predicted octanol–water partition coefficient (Wildman–Crippen LogP) is 5.68. The molecule has 0 amide bonds. The van der Waals surface area contributed by atoms with Crippen LogP contribution < -0.4 is 4.65 Å². The molecule has 0 unspecified atom stereocenters. The van der Waals surface area contributed by atoms with Crippen molar-refractivity contribution in [3.8, 4) is 39.9 Å². The van der Waals surface area contributed by atoms with Crippen molar-refractivity contribution in [3.63, 3.8) is 0 Å². The first kappa shape index (κ1) is 20.1. The Hall–Kier alpha value is -4.49. The summed E-state index contributed by atoms with van der Waals surface area (Å²) in [6, 6.07) is 31.0. The van der Waals surface area contributed by atoms with Crippen LogP contribution in [0.2, 0.25) is 0 Å². The van der Waals surface area contributed by atoms with E-state index in [0.29, 0.717) is 30.9 Å². The Bertz CT molecular complexity index is 1630. The Morgan fingerprint density at radius 2 is 1.24 bits per heavy atom. The summed E-state index contributed by atoms with van der Waals surface area (Å²) >= 11 is 0. The average molecular weight is 442 g/mol. The number of hydrogen-bond donors (Lipinski definition) is 1. The van der Waals surface area contributed by atoms with Crippen molar-refractivity contribution < 1.29 is 14.1 Å². The maximum absolute atomic E-state index is 9.01. The zero-order valence-corrected chi connectivity index (χ0v) is 17.9. The van der Waals surface area contributed by atoms with Gasteiger partial charge < -0.3 is 14.1 Å². The number of aromatic nitrogens is 3. The van der Waals surface area contributed by atoms with Crippen LogP contribution in [-0.4, -0.2) is 27.7 Å². The summed E-state index contributed by atoms with van der Waals surface area (Å²) in [6.45, 7) is 0. The molecule has 0 spiro atoms. The molecule has 2 heterocycles. The zero-order valence-electron chi connectivity index (χ0n) is 17.9. The molecule has 1 N–H and O–H groups in total. The van der Waals surface area contributed by atoms with Gasteiger partial charge in [0.2, 0.25) is 0 Å². The molecule has 34 heavy (non-hydrogen) atoms. The lowest BCUT2D eigenvalue weighted by Crippen LogP contribution is -2.02. The molecular formula is C27H17BN3O3. The van der Waals surface area contributed by atoms with Gasteiger partial charge in [-0.15, -0.1) is 0 Å². The summed E-state index contributed by atoms with van der Waals surface area (Å²) in [5.41, 5.74) is 4.06. The highest BCUT2D eigenvalue weighted by molar-refractivity contribution is 6.17. The van der Waals surface area contributed by atoms with Crippen LogP contribution in [0.1, 0.15) is 0 Å². The van der Waals surface area contributed by atoms with Crippen LogP contribution in [0.15, 0.2) is 101 Å². The summed E-state index contributed by atoms with van der Waals surface area (Å²) in [4.78, 5) is 14.3. The van der Waals surface area contributed by atoms with E-state index >= 15 is 0 Å². The fraction of sp³-hybridized carbons (Fsp3) is 0. The Morgan fingerprint density at radius 1 is 0.588 bits per heavy atom. The highest BCUT2D eigenvalue weighted by Crippen LogP contribution is 2.32. The summed E-state index contributed by atoms with van der Waals surface area (Å²) in [5.74, 6) is 2.07. The van der Waals surface area contributed by atoms with Crippen molar-refractivity contribution in [1.82, 2.24) is 15.0 Å². The lowest BCUT2D eigenvalue weighted by atomic mass is 10.1. The maximum atomic E-state index is 9.01. The second-order valence-corrected chi connectivity index (χ2v) is 7.73. The largest absolute Gasteiger partial charge is 0.569 e. The summed E-state index contributed by atoms with van der Waals surface area (Å²) in [6.07, 6.45) is 0. The average Bonchev–Trinajstić information content (AvgIpc) is 3.27. The van der Waals surface area contributed by atoms with Crippen molar-refractivity contribution >= 4 is 29.6 Å². The third-order valence-electron chi connectivity index (χ3n) is 5.59. The van der Waals surface area contributed by atoms with Crippen LogP contribution in [0.5, 0.6) is 5.75 Å². The van der Waals surface area contributed by atoms with E-state index in [0.717, 1.165) is 38.6 Å². The third-order valence-corrected chi connectivity index (χ3v) is 5.59. The van der Waals surface area contributed by atoms with Crippen molar-refractivity contribution in [2.24, 2.45) is 0 Å². The molecule has 6 nitrogen and oxygen atoms in total. The van der Waals surface area contributed by atoms with Gasteiger partial charge in [-0.1, -0.05) is 66.7 Å². The van der Waals surface area contributed by atoms with E-state index in [2.05, 4.69) is 0 Å². The summed E-state index contributed by atoms with van der Waals surface area (Å²) in [7, 11) is 0.649. The second kappa shape index (κ2) is 8.46. The number of benzene rings is 4. The number of rotatable bonds is 5. The minimum atomic E-state index is 0.479. The Kier molecular flexibility index (Phi) is 5.01. The molecule has 0 fully saturated rings. The van der Waals surface area contributed by atoms with Crippen LogP contribution in [-0.2, 0) is 0 Å². The molecule has 7 heteroatoms. The van der Waals surface area contributed by atoms with Crippen LogP contribution in [0.3, 0.4) is 0 Å². The molecule has 1 radical (unpaired) electrons. The molecule has 0 saturated heterocycles. The molecular weight excluding hydrogens is 425 g/mol. The number of furan rings is 1. The van der Waals surface area contributed by atoms with Gasteiger partial charge in [-0.05, 0) is 30.3 Å². The Morgan fingerprint density at radius 3 is 2.03 bits per heavy atom. The lowest BCUT2D eigenvalue weighted by molar-refractivity contribution is 0.454. The Balaban J connectivity index is 1.53. The summed E-state index contributed by atoms with van der Waals surface area (Å²) in [5, 5.41) is 11.1. The summed E-state index contributed by atoms with van der Waals surface area (Å²) < 4.78 is 11.2. The molecule has 0 bridgehead atoms. The molecule has 2 aromatic heterocycles. The van der Waals surface area contributed by atoms with Gasteiger partial charge in [-0.3, -0.25) is 0 Å². The van der Waals surface area contributed by atoms with Crippen molar-refractivity contribution in [3.05, 3.63) is 97.1 Å². The lowest BCUT2D eigenvalue weighted by Gasteiger charge is -2.09. The van der Waals surface area contributed by atoms with Gasteiger partial charge in [0.15, 0.2) is 17.5 Å². The normalized spacial score (nSPS) is 11.1. The van der Waals surface area contributed by atoms with E-state index in [1.54, 1.807) is 12.1 Å². The Labute approximate surface area is 195 Å². The smallest absolute Gasteiger partial charge is 0.537 e. The van der Waals surface area contributed by atoms with E-state index in [-0.39, 0.29) is 0 Å². The third kappa shape index (κ3) is 3.68. The van der Waals surface area contributed by atoms with Crippen molar-refractivity contribution in [1.29, 1.82) is 0 Å². The quantitative estimate of drug-likeness (QED) is 0.346. The van der Waals surface area contributed by atoms with Crippen molar-refractivity contribution in [2.75, 3.05) is 0 Å². The number of fused-ring (bicyclic) bond motifs is 3.